The Hall–Kier alpha value is -2.46. The number of ether oxygens (including phenoxy) is 2. The molecule has 0 aliphatic heterocycles. The Bertz CT molecular complexity index is 875. The fourth-order valence-electron chi connectivity index (χ4n) is 2.06. The predicted molar refractivity (Wildman–Crippen MR) is 110 cm³/mol. The van der Waals surface area contributed by atoms with Crippen molar-refractivity contribution < 1.29 is 26.3 Å². The molecule has 0 saturated heterocycles. The molecular formula is C18H24N2O6S2. The number of anilines is 2. The van der Waals surface area contributed by atoms with Crippen LogP contribution in [0.25, 0.3) is 0 Å². The highest BCUT2D eigenvalue weighted by Crippen LogP contribution is 2.18. The van der Waals surface area contributed by atoms with E-state index in [1.54, 1.807) is 62.4 Å². The second-order valence-corrected chi connectivity index (χ2v) is 9.78. The Morgan fingerprint density at radius 2 is 0.964 bits per heavy atom. The third-order valence-electron chi connectivity index (χ3n) is 3.64. The molecule has 0 aliphatic rings. The average molecular weight is 429 g/mol. The number of rotatable bonds is 11. The summed E-state index contributed by atoms with van der Waals surface area (Å²) in [7, 11) is -6.60. The van der Waals surface area contributed by atoms with Crippen LogP contribution in [0.2, 0.25) is 0 Å². The Balaban J connectivity index is 1.77. The highest BCUT2D eigenvalue weighted by atomic mass is 32.2. The van der Waals surface area contributed by atoms with Crippen LogP contribution in [0.5, 0.6) is 11.5 Å². The number of hydrogen-bond acceptors (Lipinski definition) is 6. The van der Waals surface area contributed by atoms with E-state index in [1.165, 1.54) is 0 Å². The number of hydrogen-bond donors (Lipinski definition) is 2. The molecular weight excluding hydrogens is 404 g/mol. The lowest BCUT2D eigenvalue weighted by molar-refractivity contribution is 0.217. The maximum atomic E-state index is 11.5. The summed E-state index contributed by atoms with van der Waals surface area (Å²) >= 11 is 0. The van der Waals surface area contributed by atoms with Crippen LogP contribution in [0.15, 0.2) is 48.5 Å². The molecule has 0 spiro atoms. The van der Waals surface area contributed by atoms with Gasteiger partial charge >= 0.3 is 0 Å². The van der Waals surface area contributed by atoms with Crippen molar-refractivity contribution in [3.8, 4) is 11.5 Å². The number of nitrogens with one attached hydrogen (secondary N) is 2. The molecule has 10 heteroatoms. The van der Waals surface area contributed by atoms with Gasteiger partial charge in [0.15, 0.2) is 0 Å². The first kappa shape index (κ1) is 21.8. The molecule has 0 bridgehead atoms. The van der Waals surface area contributed by atoms with Gasteiger partial charge in [0.1, 0.15) is 24.7 Å². The van der Waals surface area contributed by atoms with Crippen molar-refractivity contribution in [3.05, 3.63) is 48.5 Å². The van der Waals surface area contributed by atoms with Gasteiger partial charge < -0.3 is 9.47 Å². The van der Waals surface area contributed by atoms with Crippen LogP contribution >= 0.6 is 0 Å². The molecule has 0 aromatic heterocycles. The van der Waals surface area contributed by atoms with E-state index >= 15 is 0 Å². The lowest BCUT2D eigenvalue weighted by Crippen LogP contribution is -2.14. The van der Waals surface area contributed by atoms with Crippen molar-refractivity contribution in [2.45, 2.75) is 13.8 Å². The van der Waals surface area contributed by atoms with Gasteiger partial charge in [-0.25, -0.2) is 16.8 Å². The van der Waals surface area contributed by atoms with Gasteiger partial charge in [0.05, 0.1) is 11.5 Å². The Morgan fingerprint density at radius 3 is 1.25 bits per heavy atom. The van der Waals surface area contributed by atoms with Crippen molar-refractivity contribution in [2.75, 3.05) is 34.2 Å². The van der Waals surface area contributed by atoms with Crippen LogP contribution in [-0.4, -0.2) is 41.6 Å². The summed E-state index contributed by atoms with van der Waals surface area (Å²) in [5.41, 5.74) is 0.952. The van der Waals surface area contributed by atoms with E-state index in [4.69, 9.17) is 9.47 Å². The minimum absolute atomic E-state index is 0.00798. The molecule has 0 radical (unpaired) electrons. The molecule has 8 nitrogen and oxygen atoms in total. The van der Waals surface area contributed by atoms with Crippen molar-refractivity contribution in [1.29, 1.82) is 0 Å². The van der Waals surface area contributed by atoms with Gasteiger partial charge in [-0.3, -0.25) is 9.44 Å². The van der Waals surface area contributed by atoms with Crippen LogP contribution in [0, 0.1) is 0 Å². The highest BCUT2D eigenvalue weighted by Gasteiger charge is 2.07. The normalized spacial score (nSPS) is 11.6. The average Bonchev–Trinajstić information content (AvgIpc) is 2.67. The molecule has 154 valence electrons. The van der Waals surface area contributed by atoms with Gasteiger partial charge in [0.2, 0.25) is 20.0 Å². The zero-order chi connectivity index (χ0) is 20.6. The van der Waals surface area contributed by atoms with Crippen LogP contribution in [0.4, 0.5) is 11.4 Å². The summed E-state index contributed by atoms with van der Waals surface area (Å²) in [5, 5.41) is 0. The maximum Gasteiger partial charge on any atom is 0.232 e. The standard InChI is InChI=1S/C18H24N2O6S2/c1-3-27(21,22)19-15-5-9-17(10-6-15)25-13-14-26-18-11-7-16(8-12-18)20-28(23,24)4-2/h5-12,19-20H,3-4,13-14H2,1-2H3. The molecule has 0 saturated carbocycles. The number of sulfonamides is 2. The zero-order valence-electron chi connectivity index (χ0n) is 15.7. The molecule has 0 fully saturated rings. The van der Waals surface area contributed by atoms with Crippen molar-refractivity contribution in [2.24, 2.45) is 0 Å². The smallest absolute Gasteiger partial charge is 0.232 e. The summed E-state index contributed by atoms with van der Waals surface area (Å²) in [5.74, 6) is 1.20. The third-order valence-corrected chi connectivity index (χ3v) is 6.25. The summed E-state index contributed by atoms with van der Waals surface area (Å²) in [6, 6.07) is 13.2. The lowest BCUT2D eigenvalue weighted by Gasteiger charge is -2.10. The minimum Gasteiger partial charge on any atom is -0.490 e. The van der Waals surface area contributed by atoms with E-state index in [9.17, 15) is 16.8 Å². The zero-order valence-corrected chi connectivity index (χ0v) is 17.3. The summed E-state index contributed by atoms with van der Waals surface area (Å²) < 4.78 is 62.1. The first-order valence-electron chi connectivity index (χ1n) is 8.69. The van der Waals surface area contributed by atoms with E-state index < -0.39 is 20.0 Å². The fraction of sp³-hybridized carbons (Fsp3) is 0.333. The van der Waals surface area contributed by atoms with Gasteiger partial charge in [-0.05, 0) is 62.4 Å². The lowest BCUT2D eigenvalue weighted by atomic mass is 10.3. The molecule has 2 rings (SSSR count). The summed E-state index contributed by atoms with van der Waals surface area (Å²) in [6.45, 7) is 3.72. The third kappa shape index (κ3) is 7.28. The summed E-state index contributed by atoms with van der Waals surface area (Å²) in [6.07, 6.45) is 0. The van der Waals surface area contributed by atoms with Gasteiger partial charge in [0.25, 0.3) is 0 Å². The number of benzene rings is 2. The van der Waals surface area contributed by atoms with Crippen molar-refractivity contribution in [1.82, 2.24) is 0 Å². The molecule has 2 aromatic rings. The Labute approximate surface area is 166 Å². The highest BCUT2D eigenvalue weighted by molar-refractivity contribution is 7.92. The SMILES string of the molecule is CCS(=O)(=O)Nc1ccc(OCCOc2ccc(NS(=O)(=O)CC)cc2)cc1. The molecule has 0 atom stereocenters. The fourth-order valence-corrected chi connectivity index (χ4v) is 3.34. The molecule has 2 aromatic carbocycles. The van der Waals surface area contributed by atoms with Gasteiger partial charge in [0, 0.05) is 11.4 Å². The van der Waals surface area contributed by atoms with E-state index in [-0.39, 0.29) is 11.5 Å². The van der Waals surface area contributed by atoms with E-state index in [1.807, 2.05) is 0 Å². The van der Waals surface area contributed by atoms with E-state index in [0.29, 0.717) is 36.1 Å². The van der Waals surface area contributed by atoms with Crippen molar-refractivity contribution >= 4 is 31.4 Å². The Morgan fingerprint density at radius 1 is 0.643 bits per heavy atom. The topological polar surface area (TPSA) is 111 Å². The van der Waals surface area contributed by atoms with Gasteiger partial charge in [-0.15, -0.1) is 0 Å². The van der Waals surface area contributed by atoms with Crippen LogP contribution < -0.4 is 18.9 Å². The van der Waals surface area contributed by atoms with Crippen LogP contribution in [0.1, 0.15) is 13.8 Å². The van der Waals surface area contributed by atoms with Crippen LogP contribution in [0.3, 0.4) is 0 Å². The second-order valence-electron chi connectivity index (χ2n) is 5.76. The summed E-state index contributed by atoms with van der Waals surface area (Å²) in [4.78, 5) is 0. The van der Waals surface area contributed by atoms with Gasteiger partial charge in [-0.1, -0.05) is 0 Å². The monoisotopic (exact) mass is 428 g/mol. The van der Waals surface area contributed by atoms with Gasteiger partial charge in [-0.2, -0.15) is 0 Å². The quantitative estimate of drug-likeness (QED) is 0.533. The molecule has 0 heterocycles. The van der Waals surface area contributed by atoms with Crippen LogP contribution in [-0.2, 0) is 20.0 Å². The molecule has 2 N–H and O–H groups in total. The Kier molecular flexibility index (Phi) is 7.53. The molecule has 0 aliphatic carbocycles. The van der Waals surface area contributed by atoms with Crippen molar-refractivity contribution in [3.63, 3.8) is 0 Å². The molecule has 28 heavy (non-hydrogen) atoms. The predicted octanol–water partition coefficient (Wildman–Crippen LogP) is 2.67. The van der Waals surface area contributed by atoms with E-state index in [0.717, 1.165) is 0 Å². The molecule has 0 unspecified atom stereocenters. The van der Waals surface area contributed by atoms with E-state index in [2.05, 4.69) is 9.44 Å². The maximum absolute atomic E-state index is 11.5. The second kappa shape index (κ2) is 9.65. The first-order valence-corrected chi connectivity index (χ1v) is 12.0. The molecule has 0 amide bonds. The first-order chi connectivity index (χ1) is 13.2. The minimum atomic E-state index is -3.30. The largest absolute Gasteiger partial charge is 0.490 e.